The van der Waals surface area contributed by atoms with E-state index in [1.165, 1.54) is 6.33 Å². The van der Waals surface area contributed by atoms with E-state index in [4.69, 9.17) is 4.74 Å². The van der Waals surface area contributed by atoms with Gasteiger partial charge in [-0.15, -0.1) is 0 Å². The number of rotatable bonds is 7. The molecule has 1 heterocycles. The molecule has 0 amide bonds. The van der Waals surface area contributed by atoms with Gasteiger partial charge in [-0.1, -0.05) is 18.7 Å². The lowest BCUT2D eigenvalue weighted by Gasteiger charge is -2.12. The highest BCUT2D eigenvalue weighted by atomic mass is 16.5. The van der Waals surface area contributed by atoms with Crippen LogP contribution in [0.5, 0.6) is 5.75 Å². The zero-order valence-corrected chi connectivity index (χ0v) is 11.9. The van der Waals surface area contributed by atoms with Crippen LogP contribution < -0.4 is 10.1 Å². The molecule has 0 aliphatic heterocycles. The summed E-state index contributed by atoms with van der Waals surface area (Å²) in [5, 5.41) is 10.1. The first-order chi connectivity index (χ1) is 9.65. The second kappa shape index (κ2) is 6.86. The largest absolute Gasteiger partial charge is 0.489 e. The summed E-state index contributed by atoms with van der Waals surface area (Å²) in [7, 11) is 0. The van der Waals surface area contributed by atoms with Gasteiger partial charge in [-0.05, 0) is 37.1 Å². The molecule has 0 aliphatic carbocycles. The molecule has 5 nitrogen and oxygen atoms in total. The number of nitrogens with one attached hydrogen (secondary N) is 2. The van der Waals surface area contributed by atoms with Crippen molar-refractivity contribution in [2.45, 2.75) is 26.4 Å². The molecule has 0 radical (unpaired) electrons. The van der Waals surface area contributed by atoms with Crippen molar-refractivity contribution in [3.8, 4) is 5.75 Å². The van der Waals surface area contributed by atoms with E-state index in [1.807, 2.05) is 32.0 Å². The number of nitrogens with zero attached hydrogens (tertiary/aromatic N) is 2. The third-order valence-electron chi connectivity index (χ3n) is 2.84. The van der Waals surface area contributed by atoms with E-state index in [1.54, 1.807) is 0 Å². The Morgan fingerprint density at radius 1 is 1.50 bits per heavy atom. The van der Waals surface area contributed by atoms with Crippen molar-refractivity contribution in [1.82, 2.24) is 20.5 Å². The van der Waals surface area contributed by atoms with Gasteiger partial charge in [-0.25, -0.2) is 4.98 Å². The number of aromatic amines is 1. The highest BCUT2D eigenvalue weighted by molar-refractivity contribution is 5.28. The standard InChI is InChI=1S/C15H20N4O/c1-11(2)9-20-14-6-4-5-13(7-14)8-16-12(3)15-17-10-18-19-15/h4-7,10,12,16H,1,8-9H2,2-3H3,(H,17,18,19). The summed E-state index contributed by atoms with van der Waals surface area (Å²) >= 11 is 0. The van der Waals surface area contributed by atoms with E-state index < -0.39 is 0 Å². The molecule has 1 atom stereocenters. The van der Waals surface area contributed by atoms with Gasteiger partial charge in [0.15, 0.2) is 0 Å². The number of hydrogen-bond acceptors (Lipinski definition) is 4. The van der Waals surface area contributed by atoms with E-state index in [0.717, 1.165) is 29.3 Å². The monoisotopic (exact) mass is 272 g/mol. The molecule has 0 saturated heterocycles. The lowest BCUT2D eigenvalue weighted by atomic mass is 10.2. The first-order valence-electron chi connectivity index (χ1n) is 6.60. The summed E-state index contributed by atoms with van der Waals surface area (Å²) in [5.74, 6) is 1.69. The van der Waals surface area contributed by atoms with Crippen molar-refractivity contribution in [2.24, 2.45) is 0 Å². The normalized spacial score (nSPS) is 12.1. The summed E-state index contributed by atoms with van der Waals surface area (Å²) in [5.41, 5.74) is 2.17. The predicted molar refractivity (Wildman–Crippen MR) is 78.4 cm³/mol. The third-order valence-corrected chi connectivity index (χ3v) is 2.84. The van der Waals surface area contributed by atoms with Gasteiger partial charge in [0.2, 0.25) is 0 Å². The fourth-order valence-electron chi connectivity index (χ4n) is 1.74. The average Bonchev–Trinajstić information content (AvgIpc) is 2.97. The van der Waals surface area contributed by atoms with Crippen molar-refractivity contribution >= 4 is 0 Å². The number of ether oxygens (including phenoxy) is 1. The zero-order valence-electron chi connectivity index (χ0n) is 11.9. The zero-order chi connectivity index (χ0) is 14.4. The minimum Gasteiger partial charge on any atom is -0.489 e. The SMILES string of the molecule is C=C(C)COc1cccc(CNC(C)c2ncn[nH]2)c1. The van der Waals surface area contributed by atoms with Crippen LogP contribution in [0.4, 0.5) is 0 Å². The van der Waals surface area contributed by atoms with E-state index in [-0.39, 0.29) is 6.04 Å². The van der Waals surface area contributed by atoms with Crippen LogP contribution in [0.15, 0.2) is 42.7 Å². The van der Waals surface area contributed by atoms with Gasteiger partial charge in [0.05, 0.1) is 6.04 Å². The molecule has 5 heteroatoms. The molecular formula is C15H20N4O. The molecule has 1 aromatic heterocycles. The molecule has 2 N–H and O–H groups in total. The topological polar surface area (TPSA) is 62.8 Å². The van der Waals surface area contributed by atoms with Crippen LogP contribution in [0.3, 0.4) is 0 Å². The third kappa shape index (κ3) is 4.20. The van der Waals surface area contributed by atoms with Gasteiger partial charge in [0.1, 0.15) is 24.5 Å². The van der Waals surface area contributed by atoms with E-state index in [2.05, 4.69) is 33.1 Å². The molecule has 20 heavy (non-hydrogen) atoms. The molecule has 106 valence electrons. The molecule has 0 spiro atoms. The quantitative estimate of drug-likeness (QED) is 0.761. The molecule has 2 rings (SSSR count). The van der Waals surface area contributed by atoms with E-state index in [0.29, 0.717) is 6.61 Å². The van der Waals surface area contributed by atoms with Crippen LogP contribution >= 0.6 is 0 Å². The number of benzene rings is 1. The predicted octanol–water partition coefficient (Wildman–Crippen LogP) is 2.61. The van der Waals surface area contributed by atoms with Crippen LogP contribution in [0, 0.1) is 0 Å². The van der Waals surface area contributed by atoms with Gasteiger partial charge >= 0.3 is 0 Å². The Balaban J connectivity index is 1.89. The minimum atomic E-state index is 0.123. The first-order valence-corrected chi connectivity index (χ1v) is 6.60. The number of H-pyrrole nitrogens is 1. The summed E-state index contributed by atoms with van der Waals surface area (Å²) in [4.78, 5) is 4.13. The molecule has 2 aromatic rings. The van der Waals surface area contributed by atoms with Crippen LogP contribution in [0.1, 0.15) is 31.3 Å². The Morgan fingerprint density at radius 2 is 2.35 bits per heavy atom. The Hall–Kier alpha value is -2.14. The van der Waals surface area contributed by atoms with Gasteiger partial charge < -0.3 is 10.1 Å². The molecule has 1 aromatic carbocycles. The maximum Gasteiger partial charge on any atom is 0.141 e. The Bertz CT molecular complexity index is 551. The highest BCUT2D eigenvalue weighted by Crippen LogP contribution is 2.15. The van der Waals surface area contributed by atoms with Gasteiger partial charge in [-0.2, -0.15) is 5.10 Å². The van der Waals surface area contributed by atoms with Crippen molar-refractivity contribution in [3.63, 3.8) is 0 Å². The second-order valence-electron chi connectivity index (χ2n) is 4.87. The summed E-state index contributed by atoms with van der Waals surface area (Å²) in [6.07, 6.45) is 1.51. The maximum atomic E-state index is 5.63. The average molecular weight is 272 g/mol. The molecule has 1 unspecified atom stereocenters. The van der Waals surface area contributed by atoms with Crippen LogP contribution in [-0.2, 0) is 6.54 Å². The van der Waals surface area contributed by atoms with E-state index >= 15 is 0 Å². The number of hydrogen-bond donors (Lipinski definition) is 2. The Labute approximate surface area is 119 Å². The van der Waals surface area contributed by atoms with Gasteiger partial charge in [-0.3, -0.25) is 5.10 Å². The second-order valence-corrected chi connectivity index (χ2v) is 4.87. The lowest BCUT2D eigenvalue weighted by Crippen LogP contribution is -2.19. The summed E-state index contributed by atoms with van der Waals surface area (Å²) in [6.45, 7) is 9.11. The van der Waals surface area contributed by atoms with Gasteiger partial charge in [0, 0.05) is 6.54 Å². The van der Waals surface area contributed by atoms with Crippen molar-refractivity contribution < 1.29 is 4.74 Å². The molecule has 0 aliphatic rings. The van der Waals surface area contributed by atoms with Crippen molar-refractivity contribution in [1.29, 1.82) is 0 Å². The fraction of sp³-hybridized carbons (Fsp3) is 0.333. The van der Waals surface area contributed by atoms with Gasteiger partial charge in [0.25, 0.3) is 0 Å². The number of aromatic nitrogens is 3. The Kier molecular flexibility index (Phi) is 4.90. The maximum absolute atomic E-state index is 5.63. The highest BCUT2D eigenvalue weighted by Gasteiger charge is 2.07. The minimum absolute atomic E-state index is 0.123. The van der Waals surface area contributed by atoms with Crippen molar-refractivity contribution in [2.75, 3.05) is 6.61 Å². The molecule has 0 saturated carbocycles. The molecule has 0 fully saturated rings. The Morgan fingerprint density at radius 3 is 3.05 bits per heavy atom. The lowest BCUT2D eigenvalue weighted by molar-refractivity contribution is 0.352. The molecular weight excluding hydrogens is 252 g/mol. The fourth-order valence-corrected chi connectivity index (χ4v) is 1.74. The van der Waals surface area contributed by atoms with E-state index in [9.17, 15) is 0 Å². The molecule has 0 bridgehead atoms. The summed E-state index contributed by atoms with van der Waals surface area (Å²) in [6, 6.07) is 8.16. The van der Waals surface area contributed by atoms with Crippen LogP contribution in [0.2, 0.25) is 0 Å². The van der Waals surface area contributed by atoms with Crippen LogP contribution in [0.25, 0.3) is 0 Å². The van der Waals surface area contributed by atoms with Crippen LogP contribution in [-0.4, -0.2) is 21.8 Å². The smallest absolute Gasteiger partial charge is 0.141 e. The van der Waals surface area contributed by atoms with Crippen molar-refractivity contribution in [3.05, 3.63) is 54.1 Å². The first kappa shape index (κ1) is 14.3. The summed E-state index contributed by atoms with van der Waals surface area (Å²) < 4.78 is 5.63.